The molecule has 0 aliphatic heterocycles. The summed E-state index contributed by atoms with van der Waals surface area (Å²) in [5.41, 5.74) is 1.56. The molecule has 1 aromatic heterocycles. The van der Waals surface area contributed by atoms with Crippen LogP contribution in [0.1, 0.15) is 39.5 Å². The normalized spacial score (nSPS) is 12.6. The van der Waals surface area contributed by atoms with Crippen molar-refractivity contribution in [3.63, 3.8) is 0 Å². The fourth-order valence-electron chi connectivity index (χ4n) is 3.76. The quantitative estimate of drug-likeness (QED) is 0.226. The van der Waals surface area contributed by atoms with Gasteiger partial charge >= 0.3 is 0 Å². The van der Waals surface area contributed by atoms with Gasteiger partial charge in [0.15, 0.2) is 0 Å². The lowest BCUT2D eigenvalue weighted by molar-refractivity contribution is -0.385. The van der Waals surface area contributed by atoms with Gasteiger partial charge in [0.1, 0.15) is 0 Å². The Bertz CT molecular complexity index is 1030. The maximum atomic E-state index is 11.4. The summed E-state index contributed by atoms with van der Waals surface area (Å²) in [4.78, 5) is 22.0. The minimum absolute atomic E-state index is 0.0554. The average Bonchev–Trinajstić information content (AvgIpc) is 2.94. The van der Waals surface area contributed by atoms with Crippen molar-refractivity contribution in [2.24, 2.45) is 5.92 Å². The van der Waals surface area contributed by atoms with Crippen LogP contribution in [0.15, 0.2) is 33.2 Å². The fraction of sp³-hybridized carbons (Fsp3) is 0.400. The Balaban J connectivity index is 2.32. The van der Waals surface area contributed by atoms with E-state index in [4.69, 9.17) is 0 Å². The summed E-state index contributed by atoms with van der Waals surface area (Å²) in [7, 11) is 0. The van der Waals surface area contributed by atoms with Crippen LogP contribution in [0.5, 0.6) is 0 Å². The number of halogens is 2. The van der Waals surface area contributed by atoms with Gasteiger partial charge in [-0.25, -0.2) is 0 Å². The number of benzene rings is 2. The first-order valence-electron chi connectivity index (χ1n) is 9.52. The zero-order valence-corrected chi connectivity index (χ0v) is 19.3. The third kappa shape index (κ3) is 4.16. The van der Waals surface area contributed by atoms with E-state index in [1.165, 1.54) is 12.1 Å². The van der Waals surface area contributed by atoms with E-state index in [0.717, 1.165) is 43.3 Å². The van der Waals surface area contributed by atoms with Gasteiger partial charge in [-0.1, -0.05) is 33.1 Å². The van der Waals surface area contributed by atoms with Crippen molar-refractivity contribution in [2.45, 2.75) is 46.1 Å². The Morgan fingerprint density at radius 3 is 1.79 bits per heavy atom. The fourth-order valence-corrected chi connectivity index (χ4v) is 4.71. The third-order valence-electron chi connectivity index (χ3n) is 5.38. The highest BCUT2D eigenvalue weighted by atomic mass is 79.9. The molecule has 0 N–H and O–H groups in total. The first-order chi connectivity index (χ1) is 13.8. The molecule has 3 aromatic rings. The van der Waals surface area contributed by atoms with Crippen molar-refractivity contribution in [1.29, 1.82) is 0 Å². The molecular weight excluding hydrogens is 506 g/mol. The molecule has 154 valence electrons. The highest BCUT2D eigenvalue weighted by Crippen LogP contribution is 2.40. The molecule has 29 heavy (non-hydrogen) atoms. The number of aromatic nitrogens is 1. The predicted octanol–water partition coefficient (Wildman–Crippen LogP) is 7.35. The molecule has 0 saturated heterocycles. The molecule has 0 fully saturated rings. The molecule has 3 rings (SSSR count). The minimum atomic E-state index is -0.448. The molecule has 0 radical (unpaired) electrons. The van der Waals surface area contributed by atoms with E-state index < -0.39 is 9.85 Å². The highest BCUT2D eigenvalue weighted by molar-refractivity contribution is 9.11. The van der Waals surface area contributed by atoms with Gasteiger partial charge in [0.25, 0.3) is 11.4 Å². The second kappa shape index (κ2) is 8.79. The van der Waals surface area contributed by atoms with Crippen LogP contribution >= 0.6 is 31.9 Å². The first-order valence-corrected chi connectivity index (χ1v) is 11.1. The lowest BCUT2D eigenvalue weighted by atomic mass is 9.99. The van der Waals surface area contributed by atoms with Crippen molar-refractivity contribution in [2.75, 3.05) is 0 Å². The molecule has 1 heterocycles. The maximum absolute atomic E-state index is 11.4. The second-order valence-electron chi connectivity index (χ2n) is 7.18. The number of nitrogens with zero attached hydrogens (tertiary/aromatic N) is 3. The van der Waals surface area contributed by atoms with E-state index in [9.17, 15) is 20.2 Å². The lowest BCUT2D eigenvalue weighted by Crippen LogP contribution is -2.10. The van der Waals surface area contributed by atoms with Gasteiger partial charge in [0.2, 0.25) is 0 Å². The summed E-state index contributed by atoms with van der Waals surface area (Å²) >= 11 is 6.63. The summed E-state index contributed by atoms with van der Waals surface area (Å²) < 4.78 is 2.93. The van der Waals surface area contributed by atoms with Crippen LogP contribution in [-0.2, 0) is 6.54 Å². The summed E-state index contributed by atoms with van der Waals surface area (Å²) in [5, 5.41) is 24.2. The van der Waals surface area contributed by atoms with E-state index in [-0.39, 0.29) is 11.4 Å². The van der Waals surface area contributed by atoms with Gasteiger partial charge in [0.05, 0.1) is 29.8 Å². The van der Waals surface area contributed by atoms with E-state index in [1.54, 1.807) is 12.1 Å². The van der Waals surface area contributed by atoms with Crippen LogP contribution in [-0.4, -0.2) is 14.4 Å². The molecule has 2 aromatic carbocycles. The number of fused-ring (bicyclic) bond motifs is 3. The molecule has 1 unspecified atom stereocenters. The zero-order chi connectivity index (χ0) is 21.3. The van der Waals surface area contributed by atoms with Gasteiger partial charge in [-0.2, -0.15) is 0 Å². The zero-order valence-electron chi connectivity index (χ0n) is 16.2. The van der Waals surface area contributed by atoms with Gasteiger partial charge in [-0.15, -0.1) is 0 Å². The first kappa shape index (κ1) is 21.7. The van der Waals surface area contributed by atoms with Crippen LogP contribution < -0.4 is 0 Å². The van der Waals surface area contributed by atoms with Crippen LogP contribution in [0, 0.1) is 26.1 Å². The molecule has 0 amide bonds. The van der Waals surface area contributed by atoms with E-state index in [2.05, 4.69) is 50.3 Å². The Hall–Kier alpha value is -2.00. The SMILES string of the molecule is CCCCC(CC)Cn1c2cc(Br)c([N+](=O)[O-])cc2c2cc([N+](=O)[O-])c(Br)cc21. The summed E-state index contributed by atoms with van der Waals surface area (Å²) in [6.07, 6.45) is 4.37. The predicted molar refractivity (Wildman–Crippen MR) is 121 cm³/mol. The number of hydrogen-bond acceptors (Lipinski definition) is 4. The van der Waals surface area contributed by atoms with Gasteiger partial charge in [-0.3, -0.25) is 20.2 Å². The monoisotopic (exact) mass is 525 g/mol. The number of nitro benzene ring substituents is 2. The van der Waals surface area contributed by atoms with Crippen molar-refractivity contribution in [3.05, 3.63) is 53.4 Å². The number of nitro groups is 2. The topological polar surface area (TPSA) is 91.2 Å². The van der Waals surface area contributed by atoms with Crippen molar-refractivity contribution < 1.29 is 9.85 Å². The third-order valence-corrected chi connectivity index (χ3v) is 6.65. The van der Waals surface area contributed by atoms with Crippen molar-refractivity contribution in [1.82, 2.24) is 4.57 Å². The highest BCUT2D eigenvalue weighted by Gasteiger charge is 2.23. The molecule has 7 nitrogen and oxygen atoms in total. The second-order valence-corrected chi connectivity index (χ2v) is 8.89. The van der Waals surface area contributed by atoms with Crippen molar-refractivity contribution >= 4 is 65.0 Å². The molecule has 0 saturated carbocycles. The van der Waals surface area contributed by atoms with Crippen molar-refractivity contribution in [3.8, 4) is 0 Å². The van der Waals surface area contributed by atoms with E-state index in [1.807, 2.05) is 0 Å². The Morgan fingerprint density at radius 2 is 1.41 bits per heavy atom. The summed E-state index contributed by atoms with van der Waals surface area (Å²) in [6, 6.07) is 6.51. The lowest BCUT2D eigenvalue weighted by Gasteiger charge is -2.17. The van der Waals surface area contributed by atoms with Crippen LogP contribution in [0.4, 0.5) is 11.4 Å². The Labute approximate surface area is 184 Å². The van der Waals surface area contributed by atoms with Gasteiger partial charge < -0.3 is 4.57 Å². The molecular formula is C20H21Br2N3O4. The van der Waals surface area contributed by atoms with Gasteiger partial charge in [0, 0.05) is 29.4 Å². The molecule has 0 aliphatic carbocycles. The van der Waals surface area contributed by atoms with Gasteiger partial charge in [-0.05, 0) is 56.3 Å². The number of hydrogen-bond donors (Lipinski definition) is 0. The molecule has 1 atom stereocenters. The summed E-state index contributed by atoms with van der Waals surface area (Å²) in [6.45, 7) is 5.08. The smallest absolute Gasteiger partial charge is 0.284 e. The largest absolute Gasteiger partial charge is 0.340 e. The maximum Gasteiger partial charge on any atom is 0.284 e. The molecule has 0 bridgehead atoms. The van der Waals surface area contributed by atoms with Crippen LogP contribution in [0.3, 0.4) is 0 Å². The Kier molecular flexibility index (Phi) is 6.58. The van der Waals surface area contributed by atoms with E-state index >= 15 is 0 Å². The van der Waals surface area contributed by atoms with Crippen LogP contribution in [0.25, 0.3) is 21.8 Å². The molecule has 0 aliphatic rings. The Morgan fingerprint density at radius 1 is 0.931 bits per heavy atom. The standard InChI is InChI=1S/C20H21Br2N3O4/c1-3-5-6-12(4-2)11-23-17-9-15(21)19(24(26)27)7-13(17)14-8-20(25(28)29)16(22)10-18(14)23/h7-10,12H,3-6,11H2,1-2H3. The number of rotatable bonds is 8. The minimum Gasteiger partial charge on any atom is -0.340 e. The van der Waals surface area contributed by atoms with Crippen LogP contribution in [0.2, 0.25) is 0 Å². The molecule has 9 heteroatoms. The van der Waals surface area contributed by atoms with E-state index in [0.29, 0.717) is 25.6 Å². The average molecular weight is 527 g/mol. The summed E-state index contributed by atoms with van der Waals surface area (Å²) in [5.74, 6) is 0.455. The number of unbranched alkanes of at least 4 members (excludes halogenated alkanes) is 1. The molecule has 0 spiro atoms.